The summed E-state index contributed by atoms with van der Waals surface area (Å²) >= 11 is 0. The Balaban J connectivity index is -0.000000180. The molecule has 0 radical (unpaired) electrons. The van der Waals surface area contributed by atoms with Gasteiger partial charge in [0.25, 0.3) is 0 Å². The predicted molar refractivity (Wildman–Crippen MR) is 39.9 cm³/mol. The van der Waals surface area contributed by atoms with Crippen LogP contribution in [0.2, 0.25) is 0 Å². The van der Waals surface area contributed by atoms with Crippen molar-refractivity contribution in [3.63, 3.8) is 0 Å². The second-order valence-corrected chi connectivity index (χ2v) is 1.91. The zero-order valence-corrected chi connectivity index (χ0v) is 9.33. The Morgan fingerprint density at radius 1 is 1.11 bits per heavy atom. The van der Waals surface area contributed by atoms with Gasteiger partial charge in [0.15, 0.2) is 0 Å². The Morgan fingerprint density at radius 2 is 1.67 bits per heavy atom. The molecule has 0 aliphatic rings. The molecular weight excluding hydrogens is 188 g/mol. The maximum atomic E-state index is 3.76. The van der Waals surface area contributed by atoms with E-state index in [-0.39, 0.29) is 40.0 Å². The summed E-state index contributed by atoms with van der Waals surface area (Å²) in [6, 6.07) is 0. The third-order valence-corrected chi connectivity index (χ3v) is 1.10. The largest absolute Gasteiger partial charge is 2.00 e. The fourth-order valence-corrected chi connectivity index (χ4v) is 0.604. The molecule has 0 aliphatic heterocycles. The standard InChI is InChI=1S/C7H15.BrH.Mg/c1-3-5-7-6-4-2;;/h1,3-7H2,2H3;1H;/q-1;;+2/p-1. The minimum Gasteiger partial charge on any atom is -1.00 e. The maximum Gasteiger partial charge on any atom is 2.00 e. The van der Waals surface area contributed by atoms with E-state index >= 15 is 0 Å². The number of hydrogen-bond acceptors (Lipinski definition) is 0. The van der Waals surface area contributed by atoms with Crippen molar-refractivity contribution in [3.05, 3.63) is 6.92 Å². The van der Waals surface area contributed by atoms with Gasteiger partial charge in [0, 0.05) is 0 Å². The summed E-state index contributed by atoms with van der Waals surface area (Å²) < 4.78 is 0. The summed E-state index contributed by atoms with van der Waals surface area (Å²) in [4.78, 5) is 0. The van der Waals surface area contributed by atoms with Crippen molar-refractivity contribution in [2.24, 2.45) is 0 Å². The fourth-order valence-electron chi connectivity index (χ4n) is 0.604. The third kappa shape index (κ3) is 17.6. The number of halogens is 1. The summed E-state index contributed by atoms with van der Waals surface area (Å²) in [5.41, 5.74) is 0. The monoisotopic (exact) mass is 202 g/mol. The average molecular weight is 203 g/mol. The Bertz CT molecular complexity index is 28.1. The van der Waals surface area contributed by atoms with Crippen LogP contribution in [0.1, 0.15) is 39.0 Å². The molecule has 0 aliphatic carbocycles. The van der Waals surface area contributed by atoms with Crippen LogP contribution in [0.4, 0.5) is 0 Å². The molecule has 2 heteroatoms. The SMILES string of the molecule is [Br-].[CH2-]CCCCCC.[Mg+2]. The summed E-state index contributed by atoms with van der Waals surface area (Å²) in [6.45, 7) is 5.98. The van der Waals surface area contributed by atoms with Gasteiger partial charge in [-0.15, -0.1) is 0 Å². The van der Waals surface area contributed by atoms with E-state index in [4.69, 9.17) is 0 Å². The van der Waals surface area contributed by atoms with Gasteiger partial charge in [-0.3, -0.25) is 0 Å². The summed E-state index contributed by atoms with van der Waals surface area (Å²) in [7, 11) is 0. The molecule has 0 aromatic heterocycles. The van der Waals surface area contributed by atoms with Gasteiger partial charge < -0.3 is 23.9 Å². The normalized spacial score (nSPS) is 7.33. The molecule has 0 fully saturated rings. The molecule has 0 aromatic rings. The molecule has 52 valence electrons. The Morgan fingerprint density at radius 3 is 2.00 bits per heavy atom. The van der Waals surface area contributed by atoms with E-state index in [2.05, 4.69) is 13.8 Å². The molecule has 0 amide bonds. The van der Waals surface area contributed by atoms with Gasteiger partial charge in [-0.05, 0) is 0 Å². The van der Waals surface area contributed by atoms with E-state index in [0.29, 0.717) is 0 Å². The van der Waals surface area contributed by atoms with Crippen molar-refractivity contribution in [2.75, 3.05) is 0 Å². The van der Waals surface area contributed by atoms with Gasteiger partial charge in [0.05, 0.1) is 0 Å². The fraction of sp³-hybridized carbons (Fsp3) is 0.857. The molecule has 0 unspecified atom stereocenters. The number of rotatable bonds is 4. The smallest absolute Gasteiger partial charge is 1.00 e. The number of hydrogen-bond donors (Lipinski definition) is 0. The van der Waals surface area contributed by atoms with Crippen molar-refractivity contribution in [1.29, 1.82) is 0 Å². The van der Waals surface area contributed by atoms with Crippen LogP contribution in [0.3, 0.4) is 0 Å². The second-order valence-electron chi connectivity index (χ2n) is 1.91. The van der Waals surface area contributed by atoms with E-state index in [9.17, 15) is 0 Å². The molecule has 0 nitrogen and oxygen atoms in total. The van der Waals surface area contributed by atoms with Gasteiger partial charge >= 0.3 is 23.1 Å². The molecule has 0 saturated carbocycles. The second kappa shape index (κ2) is 16.1. The molecule has 0 bridgehead atoms. The van der Waals surface area contributed by atoms with E-state index in [0.717, 1.165) is 6.42 Å². The first-order valence-corrected chi connectivity index (χ1v) is 3.21. The van der Waals surface area contributed by atoms with Crippen LogP contribution >= 0.6 is 0 Å². The number of unbranched alkanes of at least 4 members (excludes halogenated alkanes) is 4. The zero-order valence-electron chi connectivity index (χ0n) is 6.33. The van der Waals surface area contributed by atoms with Gasteiger partial charge in [0.2, 0.25) is 0 Å². The average Bonchev–Trinajstić information content (AvgIpc) is 1.69. The van der Waals surface area contributed by atoms with Crippen LogP contribution in [0.5, 0.6) is 0 Å². The summed E-state index contributed by atoms with van der Waals surface area (Å²) in [6.07, 6.45) is 6.52. The topological polar surface area (TPSA) is 0 Å². The molecule has 0 aromatic carbocycles. The first kappa shape index (κ1) is 16.7. The van der Waals surface area contributed by atoms with Crippen molar-refractivity contribution in [1.82, 2.24) is 0 Å². The molecule has 9 heavy (non-hydrogen) atoms. The quantitative estimate of drug-likeness (QED) is 0.326. The zero-order chi connectivity index (χ0) is 5.54. The molecule has 0 rings (SSSR count). The van der Waals surface area contributed by atoms with Gasteiger partial charge in [-0.1, -0.05) is 32.6 Å². The van der Waals surface area contributed by atoms with Crippen molar-refractivity contribution < 1.29 is 17.0 Å². The minimum absolute atomic E-state index is 0. The van der Waals surface area contributed by atoms with Crippen molar-refractivity contribution in [3.8, 4) is 0 Å². The van der Waals surface area contributed by atoms with Gasteiger partial charge in [-0.2, -0.15) is 6.42 Å². The molecular formula is C7H15BrMg. The van der Waals surface area contributed by atoms with Crippen LogP contribution in [-0.2, 0) is 0 Å². The van der Waals surface area contributed by atoms with Crippen LogP contribution in [0.25, 0.3) is 0 Å². The van der Waals surface area contributed by atoms with Crippen molar-refractivity contribution >= 4 is 23.1 Å². The van der Waals surface area contributed by atoms with Crippen LogP contribution in [0, 0.1) is 6.92 Å². The van der Waals surface area contributed by atoms with Crippen molar-refractivity contribution in [2.45, 2.75) is 39.0 Å². The Labute approximate surface area is 85.7 Å². The maximum absolute atomic E-state index is 3.76. The first-order chi connectivity index (χ1) is 3.41. The third-order valence-electron chi connectivity index (χ3n) is 1.10. The van der Waals surface area contributed by atoms with E-state index in [1.807, 2.05) is 0 Å². The predicted octanol–water partition coefficient (Wildman–Crippen LogP) is -0.586. The molecule has 0 heterocycles. The molecule has 0 N–H and O–H groups in total. The first-order valence-electron chi connectivity index (χ1n) is 3.21. The van der Waals surface area contributed by atoms with Gasteiger partial charge in [-0.25, -0.2) is 0 Å². The van der Waals surface area contributed by atoms with Crippen LogP contribution in [0.15, 0.2) is 0 Å². The van der Waals surface area contributed by atoms with E-state index in [1.165, 1.54) is 25.7 Å². The minimum atomic E-state index is 0. The van der Waals surface area contributed by atoms with Crippen LogP contribution < -0.4 is 17.0 Å². The summed E-state index contributed by atoms with van der Waals surface area (Å²) in [5, 5.41) is 0. The molecule has 0 atom stereocenters. The summed E-state index contributed by atoms with van der Waals surface area (Å²) in [5.74, 6) is 0. The van der Waals surface area contributed by atoms with Gasteiger partial charge in [0.1, 0.15) is 0 Å². The van der Waals surface area contributed by atoms with E-state index < -0.39 is 0 Å². The molecule has 0 saturated heterocycles. The Kier molecular flexibility index (Phi) is 29.9. The Hall–Kier alpha value is 1.25. The van der Waals surface area contributed by atoms with Crippen LogP contribution in [-0.4, -0.2) is 23.1 Å². The molecule has 0 spiro atoms. The van der Waals surface area contributed by atoms with E-state index in [1.54, 1.807) is 0 Å².